The van der Waals surface area contributed by atoms with Gasteiger partial charge in [0.15, 0.2) is 0 Å². The van der Waals surface area contributed by atoms with Crippen LogP contribution in [-0.4, -0.2) is 63.3 Å². The lowest BCUT2D eigenvalue weighted by Gasteiger charge is -2.36. The Morgan fingerprint density at radius 2 is 1.93 bits per heavy atom. The molecule has 1 aliphatic rings. The number of amides is 1. The predicted octanol–water partition coefficient (Wildman–Crippen LogP) is 3.15. The molecule has 0 bridgehead atoms. The minimum Gasteiger partial charge on any atom is -0.368 e. The second-order valence-electron chi connectivity index (χ2n) is 6.71. The van der Waals surface area contributed by atoms with Crippen molar-refractivity contribution >= 4 is 44.6 Å². The van der Waals surface area contributed by atoms with E-state index in [0.29, 0.717) is 41.7 Å². The molecular formula is C19H24ClN3O3S2. The molecule has 1 aliphatic heterocycles. The second kappa shape index (κ2) is 9.26. The van der Waals surface area contributed by atoms with Crippen molar-refractivity contribution in [3.63, 3.8) is 0 Å². The first-order valence-corrected chi connectivity index (χ1v) is 11.9. The number of hydrogen-bond acceptors (Lipinski definition) is 5. The third kappa shape index (κ3) is 5.05. The number of rotatable bonds is 7. The van der Waals surface area contributed by atoms with Gasteiger partial charge < -0.3 is 9.80 Å². The van der Waals surface area contributed by atoms with Crippen molar-refractivity contribution in [3.8, 4) is 0 Å². The lowest BCUT2D eigenvalue weighted by molar-refractivity contribution is -0.131. The van der Waals surface area contributed by atoms with E-state index < -0.39 is 10.0 Å². The van der Waals surface area contributed by atoms with Gasteiger partial charge in [-0.2, -0.15) is 0 Å². The largest absolute Gasteiger partial charge is 0.368 e. The van der Waals surface area contributed by atoms with Crippen molar-refractivity contribution in [1.29, 1.82) is 0 Å². The monoisotopic (exact) mass is 441 g/mol. The van der Waals surface area contributed by atoms with Gasteiger partial charge in [0.05, 0.1) is 0 Å². The number of carbonyl (C=O) groups excluding carboxylic acids is 1. The Balaban J connectivity index is 1.44. The van der Waals surface area contributed by atoms with E-state index in [2.05, 4.69) is 4.90 Å². The first-order chi connectivity index (χ1) is 13.4. The van der Waals surface area contributed by atoms with Crippen LogP contribution in [0.25, 0.3) is 0 Å². The lowest BCUT2D eigenvalue weighted by Crippen LogP contribution is -2.48. The molecule has 1 fully saturated rings. The molecule has 1 aromatic carbocycles. The summed E-state index contributed by atoms with van der Waals surface area (Å²) in [5.41, 5.74) is 1.07. The minimum atomic E-state index is -3.45. The number of piperazine rings is 1. The van der Waals surface area contributed by atoms with E-state index in [4.69, 9.17) is 11.6 Å². The van der Waals surface area contributed by atoms with Crippen molar-refractivity contribution in [2.24, 2.45) is 0 Å². The molecule has 0 spiro atoms. The molecule has 0 atom stereocenters. The number of nitrogens with zero attached hydrogens (tertiary/aromatic N) is 3. The van der Waals surface area contributed by atoms with E-state index in [9.17, 15) is 13.2 Å². The summed E-state index contributed by atoms with van der Waals surface area (Å²) in [4.78, 5) is 16.6. The molecule has 1 saturated heterocycles. The molecule has 9 heteroatoms. The van der Waals surface area contributed by atoms with E-state index in [0.717, 1.165) is 18.8 Å². The van der Waals surface area contributed by atoms with Gasteiger partial charge in [-0.25, -0.2) is 12.7 Å². The van der Waals surface area contributed by atoms with E-state index in [1.807, 2.05) is 29.2 Å². The van der Waals surface area contributed by atoms with Gasteiger partial charge in [0.25, 0.3) is 10.0 Å². The fraction of sp³-hybridized carbons (Fsp3) is 0.421. The number of sulfonamides is 1. The van der Waals surface area contributed by atoms with Gasteiger partial charge in [0.2, 0.25) is 5.91 Å². The SMILES string of the molecule is CN(CCCC(=O)N1CCN(c2cccc(Cl)c2)CC1)S(=O)(=O)c1cccs1. The fourth-order valence-electron chi connectivity index (χ4n) is 3.18. The Morgan fingerprint density at radius 1 is 1.18 bits per heavy atom. The molecule has 2 heterocycles. The topological polar surface area (TPSA) is 60.9 Å². The summed E-state index contributed by atoms with van der Waals surface area (Å²) in [6.45, 7) is 3.18. The number of benzene rings is 1. The second-order valence-corrected chi connectivity index (χ2v) is 10.4. The minimum absolute atomic E-state index is 0.0765. The van der Waals surface area contributed by atoms with Gasteiger partial charge >= 0.3 is 0 Å². The fourth-order valence-corrected chi connectivity index (χ4v) is 5.78. The summed E-state index contributed by atoms with van der Waals surface area (Å²) in [6, 6.07) is 11.0. The van der Waals surface area contributed by atoms with Crippen LogP contribution >= 0.6 is 22.9 Å². The third-order valence-electron chi connectivity index (χ3n) is 4.83. The normalized spacial score (nSPS) is 15.2. The Bertz CT molecular complexity index is 895. The molecule has 2 aromatic rings. The molecule has 3 rings (SSSR count). The first kappa shape index (κ1) is 21.1. The average molecular weight is 442 g/mol. The van der Waals surface area contributed by atoms with Crippen LogP contribution in [-0.2, 0) is 14.8 Å². The molecule has 0 aliphatic carbocycles. The van der Waals surface area contributed by atoms with E-state index in [1.54, 1.807) is 24.6 Å². The molecule has 152 valence electrons. The van der Waals surface area contributed by atoms with Crippen LogP contribution < -0.4 is 4.90 Å². The zero-order valence-corrected chi connectivity index (χ0v) is 18.1. The number of hydrogen-bond donors (Lipinski definition) is 0. The van der Waals surface area contributed by atoms with Crippen molar-refractivity contribution in [1.82, 2.24) is 9.21 Å². The van der Waals surface area contributed by atoms with Gasteiger partial charge in [-0.1, -0.05) is 23.7 Å². The summed E-state index contributed by atoms with van der Waals surface area (Å²) >= 11 is 7.26. The maximum atomic E-state index is 12.5. The van der Waals surface area contributed by atoms with Gasteiger partial charge in [-0.05, 0) is 36.1 Å². The number of anilines is 1. The molecular weight excluding hydrogens is 418 g/mol. The van der Waals surface area contributed by atoms with Crippen LogP contribution in [0, 0.1) is 0 Å². The highest BCUT2D eigenvalue weighted by atomic mass is 35.5. The van der Waals surface area contributed by atoms with Crippen LogP contribution in [0.4, 0.5) is 5.69 Å². The number of halogens is 1. The summed E-state index contributed by atoms with van der Waals surface area (Å²) < 4.78 is 26.4. The van der Waals surface area contributed by atoms with E-state index in [1.165, 1.54) is 15.6 Å². The summed E-state index contributed by atoms with van der Waals surface area (Å²) in [5.74, 6) is 0.0765. The Kier molecular flexibility index (Phi) is 6.98. The summed E-state index contributed by atoms with van der Waals surface area (Å²) in [5, 5.41) is 2.45. The molecule has 6 nitrogen and oxygen atoms in total. The summed E-state index contributed by atoms with van der Waals surface area (Å²) in [6.07, 6.45) is 0.857. The Morgan fingerprint density at radius 3 is 2.57 bits per heavy atom. The van der Waals surface area contributed by atoms with Crippen LogP contribution in [0.3, 0.4) is 0 Å². The van der Waals surface area contributed by atoms with Gasteiger partial charge in [0.1, 0.15) is 4.21 Å². The average Bonchev–Trinajstić information content (AvgIpc) is 3.23. The zero-order valence-electron chi connectivity index (χ0n) is 15.8. The third-order valence-corrected chi connectivity index (χ3v) is 8.29. The summed E-state index contributed by atoms with van der Waals surface area (Å²) in [7, 11) is -1.89. The first-order valence-electron chi connectivity index (χ1n) is 9.16. The maximum absolute atomic E-state index is 12.5. The van der Waals surface area contributed by atoms with Gasteiger partial charge in [-0.15, -0.1) is 11.3 Å². The molecule has 0 N–H and O–H groups in total. The molecule has 1 amide bonds. The highest BCUT2D eigenvalue weighted by Gasteiger charge is 2.24. The van der Waals surface area contributed by atoms with Crippen LogP contribution in [0.5, 0.6) is 0 Å². The maximum Gasteiger partial charge on any atom is 0.252 e. The number of carbonyl (C=O) groups is 1. The van der Waals surface area contributed by atoms with Crippen LogP contribution in [0.2, 0.25) is 5.02 Å². The zero-order chi connectivity index (χ0) is 20.1. The van der Waals surface area contributed by atoms with Crippen molar-refractivity contribution in [2.45, 2.75) is 17.1 Å². The van der Waals surface area contributed by atoms with E-state index >= 15 is 0 Å². The highest BCUT2D eigenvalue weighted by Crippen LogP contribution is 2.22. The standard InChI is InChI=1S/C19H24ClN3O3S2/c1-21(28(25,26)19-8-4-14-27-19)9-3-7-18(24)23-12-10-22(11-13-23)17-6-2-5-16(20)15-17/h2,4-6,8,14-15H,3,7,9-13H2,1H3. The molecule has 0 unspecified atom stereocenters. The Hall–Kier alpha value is -1.61. The molecule has 0 radical (unpaired) electrons. The quantitative estimate of drug-likeness (QED) is 0.662. The molecule has 1 aromatic heterocycles. The van der Waals surface area contributed by atoms with Gasteiger partial charge in [-0.3, -0.25) is 4.79 Å². The predicted molar refractivity (Wildman–Crippen MR) is 114 cm³/mol. The van der Waals surface area contributed by atoms with Crippen molar-refractivity contribution in [3.05, 3.63) is 46.8 Å². The Labute approximate surface area is 175 Å². The smallest absolute Gasteiger partial charge is 0.252 e. The highest BCUT2D eigenvalue weighted by molar-refractivity contribution is 7.91. The van der Waals surface area contributed by atoms with Crippen LogP contribution in [0.1, 0.15) is 12.8 Å². The van der Waals surface area contributed by atoms with E-state index in [-0.39, 0.29) is 5.91 Å². The number of thiophene rings is 1. The lowest BCUT2D eigenvalue weighted by atomic mass is 10.2. The van der Waals surface area contributed by atoms with Crippen molar-refractivity contribution < 1.29 is 13.2 Å². The van der Waals surface area contributed by atoms with Crippen LogP contribution in [0.15, 0.2) is 46.0 Å². The molecule has 0 saturated carbocycles. The molecule has 28 heavy (non-hydrogen) atoms. The van der Waals surface area contributed by atoms with Gasteiger partial charge in [0, 0.05) is 56.9 Å². The van der Waals surface area contributed by atoms with Crippen molar-refractivity contribution in [2.75, 3.05) is 44.7 Å².